The van der Waals surface area contributed by atoms with Crippen molar-refractivity contribution in [1.82, 2.24) is 5.32 Å². The SMILES string of the molecule is CNC1CSCC1Cc1ccsc1. The molecule has 1 aliphatic rings. The summed E-state index contributed by atoms with van der Waals surface area (Å²) in [5.41, 5.74) is 1.51. The van der Waals surface area contributed by atoms with Crippen LogP contribution >= 0.6 is 23.1 Å². The average Bonchev–Trinajstić information content (AvgIpc) is 2.76. The zero-order valence-electron chi connectivity index (χ0n) is 7.82. The molecular formula is C10H15NS2. The first-order valence-corrected chi connectivity index (χ1v) is 6.76. The summed E-state index contributed by atoms with van der Waals surface area (Å²) in [5, 5.41) is 7.85. The third kappa shape index (κ3) is 2.27. The maximum absolute atomic E-state index is 3.41. The fourth-order valence-corrected chi connectivity index (χ4v) is 3.99. The quantitative estimate of drug-likeness (QED) is 0.826. The number of rotatable bonds is 3. The molecule has 1 saturated heterocycles. The van der Waals surface area contributed by atoms with Crippen LogP contribution in [0, 0.1) is 5.92 Å². The minimum absolute atomic E-state index is 0.727. The van der Waals surface area contributed by atoms with Crippen LogP contribution in [0.5, 0.6) is 0 Å². The molecule has 3 heteroatoms. The molecule has 1 nitrogen and oxygen atoms in total. The molecule has 0 aliphatic carbocycles. The van der Waals surface area contributed by atoms with Crippen molar-refractivity contribution in [2.24, 2.45) is 5.92 Å². The molecule has 13 heavy (non-hydrogen) atoms. The van der Waals surface area contributed by atoms with Gasteiger partial charge in [-0.2, -0.15) is 23.1 Å². The number of nitrogens with one attached hydrogen (secondary N) is 1. The smallest absolute Gasteiger partial charge is 0.0194 e. The zero-order valence-corrected chi connectivity index (χ0v) is 9.46. The van der Waals surface area contributed by atoms with E-state index in [0.717, 1.165) is 12.0 Å². The van der Waals surface area contributed by atoms with Crippen molar-refractivity contribution >= 4 is 23.1 Å². The summed E-state index contributed by atoms with van der Waals surface area (Å²) in [7, 11) is 2.08. The van der Waals surface area contributed by atoms with Gasteiger partial charge in [0, 0.05) is 11.8 Å². The second-order valence-electron chi connectivity index (χ2n) is 3.53. The fraction of sp³-hybridized carbons (Fsp3) is 0.600. The van der Waals surface area contributed by atoms with E-state index >= 15 is 0 Å². The Morgan fingerprint density at radius 1 is 1.54 bits per heavy atom. The van der Waals surface area contributed by atoms with Crippen molar-refractivity contribution in [2.75, 3.05) is 18.6 Å². The van der Waals surface area contributed by atoms with Gasteiger partial charge in [-0.25, -0.2) is 0 Å². The van der Waals surface area contributed by atoms with E-state index in [4.69, 9.17) is 0 Å². The maximum atomic E-state index is 3.41. The molecule has 2 rings (SSSR count). The highest BCUT2D eigenvalue weighted by Crippen LogP contribution is 2.27. The lowest BCUT2D eigenvalue weighted by molar-refractivity contribution is 0.454. The van der Waals surface area contributed by atoms with Gasteiger partial charge in [-0.1, -0.05) is 0 Å². The summed E-state index contributed by atoms with van der Waals surface area (Å²) >= 11 is 3.88. The molecule has 2 unspecified atom stereocenters. The fourth-order valence-electron chi connectivity index (χ4n) is 1.83. The Balaban J connectivity index is 1.94. The van der Waals surface area contributed by atoms with Crippen LogP contribution in [-0.2, 0) is 6.42 Å². The molecule has 1 aromatic heterocycles. The molecule has 1 aliphatic heterocycles. The van der Waals surface area contributed by atoms with Gasteiger partial charge in [-0.05, 0) is 47.5 Å². The third-order valence-corrected chi connectivity index (χ3v) is 4.64. The lowest BCUT2D eigenvalue weighted by atomic mass is 9.97. The number of hydrogen-bond acceptors (Lipinski definition) is 3. The molecule has 0 bridgehead atoms. The van der Waals surface area contributed by atoms with E-state index in [1.54, 1.807) is 11.3 Å². The summed E-state index contributed by atoms with van der Waals surface area (Å²) in [6, 6.07) is 2.98. The van der Waals surface area contributed by atoms with Gasteiger partial charge in [0.2, 0.25) is 0 Å². The first kappa shape index (κ1) is 9.56. The van der Waals surface area contributed by atoms with Gasteiger partial charge in [0.25, 0.3) is 0 Å². The highest BCUT2D eigenvalue weighted by Gasteiger charge is 2.26. The Morgan fingerprint density at radius 3 is 3.15 bits per heavy atom. The molecule has 72 valence electrons. The van der Waals surface area contributed by atoms with Crippen LogP contribution in [0.3, 0.4) is 0 Å². The van der Waals surface area contributed by atoms with Crippen LogP contribution in [0.4, 0.5) is 0 Å². The number of thiophene rings is 1. The molecule has 0 aromatic carbocycles. The van der Waals surface area contributed by atoms with Gasteiger partial charge in [-0.3, -0.25) is 0 Å². The minimum atomic E-state index is 0.727. The van der Waals surface area contributed by atoms with Gasteiger partial charge in [-0.15, -0.1) is 0 Å². The lowest BCUT2D eigenvalue weighted by Gasteiger charge is -2.16. The summed E-state index contributed by atoms with van der Waals surface area (Å²) in [6.45, 7) is 0. The van der Waals surface area contributed by atoms with Gasteiger partial charge in [0.1, 0.15) is 0 Å². The van der Waals surface area contributed by atoms with Crippen LogP contribution in [0.15, 0.2) is 16.8 Å². The van der Waals surface area contributed by atoms with E-state index in [0.29, 0.717) is 0 Å². The van der Waals surface area contributed by atoms with Crippen molar-refractivity contribution in [1.29, 1.82) is 0 Å². The summed E-state index contributed by atoms with van der Waals surface area (Å²) < 4.78 is 0. The molecule has 0 amide bonds. The van der Waals surface area contributed by atoms with E-state index in [1.807, 2.05) is 0 Å². The van der Waals surface area contributed by atoms with Crippen LogP contribution in [0.2, 0.25) is 0 Å². The van der Waals surface area contributed by atoms with E-state index in [9.17, 15) is 0 Å². The van der Waals surface area contributed by atoms with Gasteiger partial charge in [0.15, 0.2) is 0 Å². The predicted octanol–water partition coefficient (Wildman–Crippen LogP) is 2.24. The molecule has 0 radical (unpaired) electrons. The largest absolute Gasteiger partial charge is 0.316 e. The van der Waals surface area contributed by atoms with Crippen LogP contribution in [-0.4, -0.2) is 24.6 Å². The molecular weight excluding hydrogens is 198 g/mol. The second-order valence-corrected chi connectivity index (χ2v) is 5.38. The molecule has 1 fully saturated rings. The minimum Gasteiger partial charge on any atom is -0.316 e. The normalized spacial score (nSPS) is 28.1. The molecule has 1 N–H and O–H groups in total. The first-order chi connectivity index (χ1) is 6.40. The Labute approximate surface area is 87.9 Å². The Bertz CT molecular complexity index is 245. The Hall–Kier alpha value is 0.01000. The molecule has 0 spiro atoms. The van der Waals surface area contributed by atoms with Crippen molar-refractivity contribution in [2.45, 2.75) is 12.5 Å². The Morgan fingerprint density at radius 2 is 2.46 bits per heavy atom. The number of hydrogen-bond donors (Lipinski definition) is 1. The predicted molar refractivity (Wildman–Crippen MR) is 61.7 cm³/mol. The highest BCUT2D eigenvalue weighted by atomic mass is 32.2. The highest BCUT2D eigenvalue weighted by molar-refractivity contribution is 7.99. The van der Waals surface area contributed by atoms with E-state index in [-0.39, 0.29) is 0 Å². The standard InChI is InChI=1S/C10H15NS2/c1-11-10-7-13-6-9(10)4-8-2-3-12-5-8/h2-3,5,9-11H,4,6-7H2,1H3. The van der Waals surface area contributed by atoms with Crippen LogP contribution in [0.1, 0.15) is 5.56 Å². The monoisotopic (exact) mass is 213 g/mol. The molecule has 1 aromatic rings. The van der Waals surface area contributed by atoms with Crippen molar-refractivity contribution in [3.8, 4) is 0 Å². The van der Waals surface area contributed by atoms with Crippen molar-refractivity contribution in [3.63, 3.8) is 0 Å². The second kappa shape index (κ2) is 4.49. The van der Waals surface area contributed by atoms with Crippen LogP contribution < -0.4 is 5.32 Å². The third-order valence-electron chi connectivity index (χ3n) is 2.65. The first-order valence-electron chi connectivity index (χ1n) is 4.66. The summed E-state index contributed by atoms with van der Waals surface area (Å²) in [5.74, 6) is 3.44. The van der Waals surface area contributed by atoms with Gasteiger partial charge in [0.05, 0.1) is 0 Å². The zero-order chi connectivity index (χ0) is 9.10. The molecule has 2 heterocycles. The maximum Gasteiger partial charge on any atom is 0.0194 e. The van der Waals surface area contributed by atoms with E-state index in [2.05, 4.69) is 41.0 Å². The van der Waals surface area contributed by atoms with Crippen molar-refractivity contribution in [3.05, 3.63) is 22.4 Å². The van der Waals surface area contributed by atoms with Crippen LogP contribution in [0.25, 0.3) is 0 Å². The summed E-state index contributed by atoms with van der Waals surface area (Å²) in [6.07, 6.45) is 1.25. The average molecular weight is 213 g/mol. The Kier molecular flexibility index (Phi) is 3.30. The lowest BCUT2D eigenvalue weighted by Crippen LogP contribution is -2.33. The van der Waals surface area contributed by atoms with Crippen molar-refractivity contribution < 1.29 is 0 Å². The number of thioether (sulfide) groups is 1. The van der Waals surface area contributed by atoms with Gasteiger partial charge < -0.3 is 5.32 Å². The van der Waals surface area contributed by atoms with Gasteiger partial charge >= 0.3 is 0 Å². The van der Waals surface area contributed by atoms with E-state index in [1.165, 1.54) is 23.5 Å². The van der Waals surface area contributed by atoms with E-state index < -0.39 is 0 Å². The summed E-state index contributed by atoms with van der Waals surface area (Å²) in [4.78, 5) is 0. The molecule has 0 saturated carbocycles. The molecule has 2 atom stereocenters. The topological polar surface area (TPSA) is 12.0 Å².